The molecule has 6 rings (SSSR count). The maximum Gasteiger partial charge on any atom is 0.262 e. The predicted molar refractivity (Wildman–Crippen MR) is 95.0 cm³/mol. The van der Waals surface area contributed by atoms with Crippen molar-refractivity contribution >= 4 is 44.0 Å². The molecule has 4 aliphatic rings. The number of hydrogen-bond acceptors (Lipinski definition) is 4. The number of rotatable bonds is 1. The van der Waals surface area contributed by atoms with Crippen molar-refractivity contribution in [2.75, 3.05) is 9.62 Å². The molecule has 4 atom stereocenters. The minimum Gasteiger partial charge on any atom is -0.279 e. The molecule has 2 aliphatic carbocycles. The van der Waals surface area contributed by atoms with E-state index >= 15 is 0 Å². The zero-order valence-corrected chi connectivity index (χ0v) is 14.4. The van der Waals surface area contributed by atoms with E-state index in [1.165, 1.54) is 11.0 Å². The van der Waals surface area contributed by atoms with Gasteiger partial charge >= 0.3 is 0 Å². The maximum atomic E-state index is 13.1. The molecule has 130 valence electrons. The van der Waals surface area contributed by atoms with E-state index in [0.717, 1.165) is 6.42 Å². The first-order valence-corrected chi connectivity index (χ1v) is 10.1. The van der Waals surface area contributed by atoms with Crippen LogP contribution in [0, 0.1) is 23.7 Å². The lowest BCUT2D eigenvalue weighted by Crippen LogP contribution is -2.33. The number of carbonyl (C=O) groups is 2. The molecule has 0 radical (unpaired) electrons. The maximum absolute atomic E-state index is 13.1. The standard InChI is InChI=1S/C19H14N2O4S/c22-18-15-9-4-5-10(8-9)16(15)19(23)21(18)13-7-6-12-17-11(13)2-1-3-14(17)26(24,25)20-12/h1-7,9-10,15-16,20H,8H2/t9-,10+,15-,16+. The van der Waals surface area contributed by atoms with Gasteiger partial charge in [0.05, 0.1) is 28.1 Å². The van der Waals surface area contributed by atoms with Gasteiger partial charge in [0, 0.05) is 10.8 Å². The van der Waals surface area contributed by atoms with Gasteiger partial charge in [-0.25, -0.2) is 13.3 Å². The van der Waals surface area contributed by atoms with Crippen LogP contribution in [-0.4, -0.2) is 20.2 Å². The second-order valence-electron chi connectivity index (χ2n) is 7.43. The Morgan fingerprint density at radius 1 is 0.962 bits per heavy atom. The fraction of sp³-hybridized carbons (Fsp3) is 0.263. The summed E-state index contributed by atoms with van der Waals surface area (Å²) < 4.78 is 27.1. The summed E-state index contributed by atoms with van der Waals surface area (Å²) in [4.78, 5) is 27.6. The molecule has 2 aromatic rings. The minimum absolute atomic E-state index is 0.144. The largest absolute Gasteiger partial charge is 0.279 e. The molecular formula is C19H14N2O4S. The number of anilines is 2. The molecule has 1 saturated carbocycles. The lowest BCUT2D eigenvalue weighted by molar-refractivity contribution is -0.123. The quantitative estimate of drug-likeness (QED) is 0.620. The van der Waals surface area contributed by atoms with Crippen LogP contribution < -0.4 is 9.62 Å². The third-order valence-corrected chi connectivity index (χ3v) is 7.63. The molecule has 26 heavy (non-hydrogen) atoms. The summed E-state index contributed by atoms with van der Waals surface area (Å²) in [5.41, 5.74) is 0.966. The summed E-state index contributed by atoms with van der Waals surface area (Å²) in [6.45, 7) is 0. The Morgan fingerprint density at radius 3 is 2.35 bits per heavy atom. The smallest absolute Gasteiger partial charge is 0.262 e. The summed E-state index contributed by atoms with van der Waals surface area (Å²) in [5.74, 6) is -0.585. The number of fused-ring (bicyclic) bond motifs is 5. The van der Waals surface area contributed by atoms with Gasteiger partial charge in [-0.15, -0.1) is 0 Å². The lowest BCUT2D eigenvalue weighted by Gasteiger charge is -2.19. The Morgan fingerprint density at radius 2 is 1.65 bits per heavy atom. The van der Waals surface area contributed by atoms with E-state index < -0.39 is 10.0 Å². The second-order valence-corrected chi connectivity index (χ2v) is 9.08. The Hall–Kier alpha value is -2.67. The summed E-state index contributed by atoms with van der Waals surface area (Å²) in [7, 11) is -3.60. The van der Waals surface area contributed by atoms with Crippen molar-refractivity contribution in [1.82, 2.24) is 0 Å². The second kappa shape index (κ2) is 4.35. The van der Waals surface area contributed by atoms with Gasteiger partial charge in [-0.1, -0.05) is 24.3 Å². The molecule has 1 saturated heterocycles. The lowest BCUT2D eigenvalue weighted by atomic mass is 9.85. The van der Waals surface area contributed by atoms with Gasteiger partial charge in [0.25, 0.3) is 10.0 Å². The third-order valence-electron chi connectivity index (χ3n) is 6.22. The number of nitrogens with zero attached hydrogens (tertiary/aromatic N) is 1. The van der Waals surface area contributed by atoms with Crippen LogP contribution in [0.1, 0.15) is 6.42 Å². The highest BCUT2D eigenvalue weighted by molar-refractivity contribution is 7.93. The highest BCUT2D eigenvalue weighted by atomic mass is 32.2. The number of allylic oxidation sites excluding steroid dienone is 2. The highest BCUT2D eigenvalue weighted by Gasteiger charge is 2.59. The van der Waals surface area contributed by atoms with E-state index in [-0.39, 0.29) is 40.4 Å². The van der Waals surface area contributed by atoms with E-state index in [0.29, 0.717) is 22.1 Å². The Balaban J connectivity index is 1.57. The molecule has 2 fully saturated rings. The normalized spacial score (nSPS) is 32.5. The number of carbonyl (C=O) groups excluding carboxylic acids is 2. The number of sulfonamides is 1. The van der Waals surface area contributed by atoms with E-state index in [1.807, 2.05) is 0 Å². The SMILES string of the molecule is O=C1[C@@H]2[C@H](C(=O)N1c1ccc3c4c(cccc14)S(=O)(=O)N3)[C@@H]1C=C[C@H]2C1. The molecule has 2 bridgehead atoms. The van der Waals surface area contributed by atoms with E-state index in [1.54, 1.807) is 24.3 Å². The van der Waals surface area contributed by atoms with Crippen LogP contribution in [-0.2, 0) is 19.6 Å². The summed E-state index contributed by atoms with van der Waals surface area (Å²) in [5, 5.41) is 1.15. The number of benzene rings is 2. The molecule has 0 unspecified atom stereocenters. The van der Waals surface area contributed by atoms with Crippen LogP contribution in [0.4, 0.5) is 11.4 Å². The average molecular weight is 366 g/mol. The monoisotopic (exact) mass is 366 g/mol. The van der Waals surface area contributed by atoms with Gasteiger partial charge < -0.3 is 0 Å². The molecule has 2 aliphatic heterocycles. The van der Waals surface area contributed by atoms with Gasteiger partial charge in [0.15, 0.2) is 0 Å². The van der Waals surface area contributed by atoms with Gasteiger partial charge in [0.1, 0.15) is 0 Å². The van der Waals surface area contributed by atoms with Crippen LogP contribution in [0.2, 0.25) is 0 Å². The van der Waals surface area contributed by atoms with Crippen LogP contribution in [0.25, 0.3) is 10.8 Å². The molecule has 7 heteroatoms. The Bertz CT molecular complexity index is 1150. The van der Waals surface area contributed by atoms with E-state index in [9.17, 15) is 18.0 Å². The zero-order chi connectivity index (χ0) is 17.8. The number of imide groups is 1. The van der Waals surface area contributed by atoms with Gasteiger partial charge in [-0.3, -0.25) is 14.3 Å². The van der Waals surface area contributed by atoms with Crippen molar-refractivity contribution in [2.24, 2.45) is 23.7 Å². The number of amides is 2. The van der Waals surface area contributed by atoms with E-state index in [2.05, 4.69) is 16.9 Å². The van der Waals surface area contributed by atoms with Gasteiger partial charge in [0.2, 0.25) is 11.8 Å². The molecule has 1 N–H and O–H groups in total. The fourth-order valence-corrected chi connectivity index (χ4v) is 6.52. The topological polar surface area (TPSA) is 83.6 Å². The third kappa shape index (κ3) is 1.51. The molecule has 0 aromatic heterocycles. The first-order valence-electron chi connectivity index (χ1n) is 8.62. The molecule has 0 spiro atoms. The number of nitrogens with one attached hydrogen (secondary N) is 1. The van der Waals surface area contributed by atoms with Crippen LogP contribution in [0.5, 0.6) is 0 Å². The average Bonchev–Trinajstić information content (AvgIpc) is 3.34. The zero-order valence-electron chi connectivity index (χ0n) is 13.5. The van der Waals surface area contributed by atoms with Gasteiger partial charge in [-0.05, 0) is 36.5 Å². The first-order chi connectivity index (χ1) is 12.5. The molecule has 2 aromatic carbocycles. The van der Waals surface area contributed by atoms with Gasteiger partial charge in [-0.2, -0.15) is 0 Å². The fourth-order valence-electron chi connectivity index (χ4n) is 5.20. The van der Waals surface area contributed by atoms with Crippen molar-refractivity contribution in [2.45, 2.75) is 11.3 Å². The summed E-state index contributed by atoms with van der Waals surface area (Å²) in [6, 6.07) is 8.25. The van der Waals surface area contributed by atoms with Crippen molar-refractivity contribution in [1.29, 1.82) is 0 Å². The molecular weight excluding hydrogens is 352 g/mol. The highest BCUT2D eigenvalue weighted by Crippen LogP contribution is 2.54. The van der Waals surface area contributed by atoms with Crippen LogP contribution in [0.15, 0.2) is 47.4 Å². The van der Waals surface area contributed by atoms with Crippen LogP contribution >= 0.6 is 0 Å². The minimum atomic E-state index is -3.60. The van der Waals surface area contributed by atoms with Crippen LogP contribution in [0.3, 0.4) is 0 Å². The van der Waals surface area contributed by atoms with Crippen molar-refractivity contribution in [3.63, 3.8) is 0 Å². The Kier molecular flexibility index (Phi) is 2.42. The summed E-state index contributed by atoms with van der Waals surface area (Å²) >= 11 is 0. The molecule has 2 heterocycles. The van der Waals surface area contributed by atoms with Crippen molar-refractivity contribution in [3.8, 4) is 0 Å². The first kappa shape index (κ1) is 14.5. The predicted octanol–water partition coefficient (Wildman–Crippen LogP) is 2.27. The number of hydrogen-bond donors (Lipinski definition) is 1. The Labute approximate surface area is 149 Å². The molecule has 6 nitrogen and oxygen atoms in total. The molecule has 2 amide bonds. The summed E-state index contributed by atoms with van der Waals surface area (Å²) in [6.07, 6.45) is 5.00. The van der Waals surface area contributed by atoms with Crippen molar-refractivity contribution < 1.29 is 18.0 Å². The van der Waals surface area contributed by atoms with E-state index in [4.69, 9.17) is 0 Å². The van der Waals surface area contributed by atoms with Crippen molar-refractivity contribution in [3.05, 3.63) is 42.5 Å².